The normalized spacial score (nSPS) is 15.1. The third-order valence-electron chi connectivity index (χ3n) is 5.98. The lowest BCUT2D eigenvalue weighted by Crippen LogP contribution is -2.38. The van der Waals surface area contributed by atoms with Gasteiger partial charge in [0.25, 0.3) is 0 Å². The van der Waals surface area contributed by atoms with Crippen LogP contribution in [0.3, 0.4) is 0 Å². The first kappa shape index (κ1) is 21.1. The molecule has 4 rings (SSSR count). The van der Waals surface area contributed by atoms with Crippen LogP contribution in [0.4, 0.5) is 11.8 Å². The molecule has 3 heterocycles. The van der Waals surface area contributed by atoms with Crippen molar-refractivity contribution < 1.29 is 9.53 Å². The van der Waals surface area contributed by atoms with Gasteiger partial charge in [0.2, 0.25) is 5.95 Å². The number of nitrogen functional groups attached to an aromatic ring is 1. The van der Waals surface area contributed by atoms with Crippen LogP contribution in [-0.4, -0.2) is 45.4 Å². The van der Waals surface area contributed by atoms with E-state index in [4.69, 9.17) is 20.4 Å². The molecule has 164 valence electrons. The largest absolute Gasteiger partial charge is 0.466 e. The summed E-state index contributed by atoms with van der Waals surface area (Å²) in [6.45, 7) is 8.00. The van der Waals surface area contributed by atoms with E-state index in [-0.39, 0.29) is 11.9 Å². The molecule has 0 amide bonds. The monoisotopic (exact) mass is 422 g/mol. The van der Waals surface area contributed by atoms with Crippen LogP contribution in [0.2, 0.25) is 0 Å². The van der Waals surface area contributed by atoms with Gasteiger partial charge in [-0.15, -0.1) is 0 Å². The molecular formula is C23H30N6O2. The Morgan fingerprint density at radius 1 is 1.19 bits per heavy atom. The highest BCUT2D eigenvalue weighted by Gasteiger charge is 2.28. The molecule has 0 bridgehead atoms. The van der Waals surface area contributed by atoms with E-state index >= 15 is 0 Å². The topological polar surface area (TPSA) is 99.2 Å². The Balaban J connectivity index is 1.69. The van der Waals surface area contributed by atoms with Crippen LogP contribution in [0.5, 0.6) is 0 Å². The SMILES string of the molecule is CCOC(=O)C1CCN(c2nc(-c3ccc(C(C)C)cc3)c3c(N)n(C)nc3n2)CC1. The van der Waals surface area contributed by atoms with Crippen LogP contribution < -0.4 is 10.6 Å². The highest BCUT2D eigenvalue weighted by Crippen LogP contribution is 2.33. The number of nitrogens with zero attached hydrogens (tertiary/aromatic N) is 5. The van der Waals surface area contributed by atoms with E-state index < -0.39 is 0 Å². The number of carbonyl (C=O) groups is 1. The molecule has 1 saturated heterocycles. The van der Waals surface area contributed by atoms with E-state index in [1.807, 2.05) is 14.0 Å². The lowest BCUT2D eigenvalue weighted by Gasteiger charge is -2.31. The van der Waals surface area contributed by atoms with Gasteiger partial charge in [-0.3, -0.25) is 9.48 Å². The summed E-state index contributed by atoms with van der Waals surface area (Å²) in [5.74, 6) is 1.45. The number of ether oxygens (including phenoxy) is 1. The van der Waals surface area contributed by atoms with Crippen LogP contribution in [0.1, 0.15) is 45.1 Å². The molecule has 1 aromatic carbocycles. The van der Waals surface area contributed by atoms with Gasteiger partial charge in [0.15, 0.2) is 5.65 Å². The predicted molar refractivity (Wildman–Crippen MR) is 122 cm³/mol. The zero-order valence-corrected chi connectivity index (χ0v) is 18.6. The number of hydrogen-bond donors (Lipinski definition) is 1. The lowest BCUT2D eigenvalue weighted by molar-refractivity contribution is -0.148. The number of benzene rings is 1. The maximum Gasteiger partial charge on any atom is 0.309 e. The molecular weight excluding hydrogens is 392 g/mol. The summed E-state index contributed by atoms with van der Waals surface area (Å²) in [5.41, 5.74) is 9.95. The molecule has 2 aromatic heterocycles. The van der Waals surface area contributed by atoms with Crippen molar-refractivity contribution >= 4 is 28.8 Å². The summed E-state index contributed by atoms with van der Waals surface area (Å²) in [5, 5.41) is 5.28. The Morgan fingerprint density at radius 3 is 2.48 bits per heavy atom. The van der Waals surface area contributed by atoms with Gasteiger partial charge >= 0.3 is 5.97 Å². The van der Waals surface area contributed by atoms with Crippen LogP contribution in [0.25, 0.3) is 22.3 Å². The number of anilines is 2. The second-order valence-electron chi connectivity index (χ2n) is 8.37. The van der Waals surface area contributed by atoms with Crippen molar-refractivity contribution in [2.45, 2.75) is 39.5 Å². The van der Waals surface area contributed by atoms with E-state index in [0.717, 1.165) is 29.5 Å². The fourth-order valence-corrected chi connectivity index (χ4v) is 4.05. The summed E-state index contributed by atoms with van der Waals surface area (Å²) >= 11 is 0. The molecule has 8 heteroatoms. The first-order valence-corrected chi connectivity index (χ1v) is 10.9. The Hall–Kier alpha value is -3.16. The van der Waals surface area contributed by atoms with Gasteiger partial charge in [0, 0.05) is 25.7 Å². The minimum Gasteiger partial charge on any atom is -0.466 e. The molecule has 0 radical (unpaired) electrons. The third kappa shape index (κ3) is 4.06. The molecule has 1 aliphatic rings. The van der Waals surface area contributed by atoms with Gasteiger partial charge in [0.05, 0.1) is 23.6 Å². The van der Waals surface area contributed by atoms with Crippen molar-refractivity contribution in [3.05, 3.63) is 29.8 Å². The summed E-state index contributed by atoms with van der Waals surface area (Å²) in [6, 6.07) is 8.43. The summed E-state index contributed by atoms with van der Waals surface area (Å²) in [6.07, 6.45) is 1.45. The molecule has 0 saturated carbocycles. The standard InChI is InChI=1S/C23H30N6O2/c1-5-31-22(30)17-10-12-29(13-11-17)23-25-19(16-8-6-15(7-9-16)14(2)3)18-20(24)28(4)27-21(18)26-23/h6-9,14,17H,5,10-13,24H2,1-4H3. The van der Waals surface area contributed by atoms with Gasteiger partial charge in [-0.2, -0.15) is 10.1 Å². The zero-order valence-electron chi connectivity index (χ0n) is 18.6. The molecule has 3 aromatic rings. The number of hydrogen-bond acceptors (Lipinski definition) is 7. The molecule has 0 aliphatic carbocycles. The van der Waals surface area contributed by atoms with Gasteiger partial charge < -0.3 is 15.4 Å². The summed E-state index contributed by atoms with van der Waals surface area (Å²) in [7, 11) is 1.81. The number of aromatic nitrogens is 4. The second-order valence-corrected chi connectivity index (χ2v) is 8.37. The quantitative estimate of drug-likeness (QED) is 0.628. The first-order chi connectivity index (χ1) is 14.9. The van der Waals surface area contributed by atoms with Crippen molar-refractivity contribution in [3.63, 3.8) is 0 Å². The molecule has 31 heavy (non-hydrogen) atoms. The maximum absolute atomic E-state index is 12.1. The number of fused-ring (bicyclic) bond motifs is 1. The van der Waals surface area contributed by atoms with Gasteiger partial charge in [0.1, 0.15) is 5.82 Å². The zero-order chi connectivity index (χ0) is 22.1. The van der Waals surface area contributed by atoms with Gasteiger partial charge in [-0.05, 0) is 31.2 Å². The van der Waals surface area contributed by atoms with Crippen LogP contribution in [0.15, 0.2) is 24.3 Å². The van der Waals surface area contributed by atoms with Crippen molar-refractivity contribution in [1.29, 1.82) is 0 Å². The van der Waals surface area contributed by atoms with E-state index in [2.05, 4.69) is 48.1 Å². The minimum absolute atomic E-state index is 0.0616. The highest BCUT2D eigenvalue weighted by atomic mass is 16.5. The van der Waals surface area contributed by atoms with Crippen molar-refractivity contribution in [1.82, 2.24) is 19.7 Å². The molecule has 0 atom stereocenters. The van der Waals surface area contributed by atoms with E-state index in [0.29, 0.717) is 43.0 Å². The fraction of sp³-hybridized carbons (Fsp3) is 0.478. The van der Waals surface area contributed by atoms with Crippen molar-refractivity contribution in [3.8, 4) is 11.3 Å². The molecule has 0 unspecified atom stereocenters. The number of rotatable bonds is 5. The lowest BCUT2D eigenvalue weighted by atomic mass is 9.97. The average molecular weight is 423 g/mol. The number of esters is 1. The molecule has 8 nitrogen and oxygen atoms in total. The fourth-order valence-electron chi connectivity index (χ4n) is 4.05. The second kappa shape index (κ2) is 8.53. The molecule has 1 fully saturated rings. The van der Waals surface area contributed by atoms with Gasteiger partial charge in [-0.25, -0.2) is 4.98 Å². The smallest absolute Gasteiger partial charge is 0.309 e. The molecule has 1 aliphatic heterocycles. The Labute approximate surface area is 182 Å². The van der Waals surface area contributed by atoms with Gasteiger partial charge in [-0.1, -0.05) is 38.1 Å². The Morgan fingerprint density at radius 2 is 1.87 bits per heavy atom. The van der Waals surface area contributed by atoms with Crippen molar-refractivity contribution in [2.24, 2.45) is 13.0 Å². The first-order valence-electron chi connectivity index (χ1n) is 10.9. The minimum atomic E-state index is -0.109. The predicted octanol–water partition coefficient (Wildman–Crippen LogP) is 3.52. The van der Waals surface area contributed by atoms with Crippen LogP contribution >= 0.6 is 0 Å². The molecule has 2 N–H and O–H groups in total. The van der Waals surface area contributed by atoms with Crippen LogP contribution in [-0.2, 0) is 16.6 Å². The van der Waals surface area contributed by atoms with E-state index in [1.165, 1.54) is 5.56 Å². The van der Waals surface area contributed by atoms with E-state index in [9.17, 15) is 4.79 Å². The molecule has 0 spiro atoms. The maximum atomic E-state index is 12.1. The number of aryl methyl sites for hydroxylation is 1. The Bertz CT molecular complexity index is 1080. The third-order valence-corrected chi connectivity index (χ3v) is 5.98. The average Bonchev–Trinajstić information content (AvgIpc) is 3.07. The number of nitrogens with two attached hydrogens (primary N) is 1. The van der Waals surface area contributed by atoms with Crippen molar-refractivity contribution in [2.75, 3.05) is 30.3 Å². The number of piperidine rings is 1. The highest BCUT2D eigenvalue weighted by molar-refractivity contribution is 5.98. The summed E-state index contributed by atoms with van der Waals surface area (Å²) < 4.78 is 6.82. The van der Waals surface area contributed by atoms with E-state index in [1.54, 1.807) is 4.68 Å². The van der Waals surface area contributed by atoms with Crippen LogP contribution in [0, 0.1) is 5.92 Å². The Kier molecular flexibility index (Phi) is 5.80. The summed E-state index contributed by atoms with van der Waals surface area (Å²) in [4.78, 5) is 23.8. The number of carbonyl (C=O) groups excluding carboxylic acids is 1.